The van der Waals surface area contributed by atoms with Gasteiger partial charge in [0.05, 0.1) is 29.6 Å². The van der Waals surface area contributed by atoms with Crippen LogP contribution in [0.4, 0.5) is 4.39 Å². The molecule has 1 aliphatic heterocycles. The van der Waals surface area contributed by atoms with Crippen molar-refractivity contribution in [2.24, 2.45) is 16.7 Å². The van der Waals surface area contributed by atoms with Crippen molar-refractivity contribution in [2.45, 2.75) is 96.2 Å². The van der Waals surface area contributed by atoms with Crippen LogP contribution in [0.1, 0.15) is 64.7 Å². The Morgan fingerprint density at radius 3 is 2.24 bits per heavy atom. The van der Waals surface area contributed by atoms with E-state index < -0.39 is 82.2 Å². The molecule has 0 radical (unpaired) electrons. The molecule has 9 atom stereocenters. The van der Waals surface area contributed by atoms with Crippen molar-refractivity contribution in [1.82, 2.24) is 0 Å². The zero-order valence-corrected chi connectivity index (χ0v) is 24.5. The molecule has 42 heavy (non-hydrogen) atoms. The molecule has 0 aromatic heterocycles. The zero-order chi connectivity index (χ0) is 31.0. The lowest BCUT2D eigenvalue weighted by Crippen LogP contribution is -2.81. The number of benzene rings is 1. The average Bonchev–Trinajstić information content (AvgIpc) is 2.90. The molecular formula is C31H37FO10. The fraction of sp³-hybridized carbons (Fsp3) is 0.613. The van der Waals surface area contributed by atoms with Crippen molar-refractivity contribution in [3.05, 3.63) is 47.0 Å². The number of rotatable bonds is 4. The molecule has 4 aliphatic rings. The second-order valence-corrected chi connectivity index (χ2v) is 12.7. The van der Waals surface area contributed by atoms with E-state index in [2.05, 4.69) is 0 Å². The first-order valence-electron chi connectivity index (χ1n) is 14.1. The maximum absolute atomic E-state index is 16.6. The van der Waals surface area contributed by atoms with Gasteiger partial charge in [0.15, 0.2) is 17.5 Å². The van der Waals surface area contributed by atoms with Gasteiger partial charge in [-0.25, -0.2) is 9.18 Å². The average molecular weight is 589 g/mol. The van der Waals surface area contributed by atoms with E-state index in [1.54, 1.807) is 39.0 Å². The first-order chi connectivity index (χ1) is 19.5. The Kier molecular flexibility index (Phi) is 7.19. The normalized spacial score (nSPS) is 40.4. The van der Waals surface area contributed by atoms with Crippen LogP contribution in [-0.2, 0) is 33.3 Å². The monoisotopic (exact) mass is 588 g/mol. The third-order valence-electron chi connectivity index (χ3n) is 10.1. The molecule has 0 amide bonds. The lowest BCUT2D eigenvalue weighted by molar-refractivity contribution is -0.341. The summed E-state index contributed by atoms with van der Waals surface area (Å²) in [6, 6.07) is 7.94. The van der Waals surface area contributed by atoms with Crippen LogP contribution in [0.3, 0.4) is 0 Å². The molecule has 228 valence electrons. The predicted octanol–water partition coefficient (Wildman–Crippen LogP) is 2.63. The molecule has 2 saturated carbocycles. The first-order valence-corrected chi connectivity index (χ1v) is 14.1. The van der Waals surface area contributed by atoms with E-state index >= 15 is 4.39 Å². The van der Waals surface area contributed by atoms with Crippen molar-refractivity contribution in [1.29, 1.82) is 0 Å². The molecule has 1 aromatic rings. The molecule has 11 heteroatoms. The molecule has 2 N–H and O–H groups in total. The summed E-state index contributed by atoms with van der Waals surface area (Å²) in [5.41, 5.74) is -6.90. The number of ether oxygens (including phenoxy) is 4. The van der Waals surface area contributed by atoms with Crippen molar-refractivity contribution in [3.63, 3.8) is 0 Å². The predicted molar refractivity (Wildman–Crippen MR) is 144 cm³/mol. The number of Topliss-reactive ketones (excluding diaryl/α,β-unsaturated/α-hetero) is 1. The highest BCUT2D eigenvalue weighted by Gasteiger charge is 2.78. The SMILES string of the molecule is CC(=O)OC1C(=O)C2(C)C(F)CC3OC[C@@]3(OC(C)=O)C2[C@H](OC(=O)c2ccccc2)C2(O)C[C@H](O)C(C)=C1C2(C)C. The van der Waals surface area contributed by atoms with E-state index in [1.165, 1.54) is 19.1 Å². The molecule has 3 aliphatic carbocycles. The summed E-state index contributed by atoms with van der Waals surface area (Å²) in [7, 11) is 0. The van der Waals surface area contributed by atoms with Gasteiger partial charge in [0.2, 0.25) is 0 Å². The van der Waals surface area contributed by atoms with Gasteiger partial charge in [-0.15, -0.1) is 0 Å². The van der Waals surface area contributed by atoms with E-state index in [4.69, 9.17) is 18.9 Å². The van der Waals surface area contributed by atoms with E-state index in [0.29, 0.717) is 0 Å². The summed E-state index contributed by atoms with van der Waals surface area (Å²) < 4.78 is 39.8. The second-order valence-electron chi connectivity index (χ2n) is 12.7. The maximum Gasteiger partial charge on any atom is 0.338 e. The molecule has 0 spiro atoms. The van der Waals surface area contributed by atoms with Crippen molar-refractivity contribution in [2.75, 3.05) is 6.61 Å². The number of carbonyl (C=O) groups excluding carboxylic acids is 4. The number of ketones is 1. The van der Waals surface area contributed by atoms with Gasteiger partial charge in [0, 0.05) is 32.1 Å². The molecule has 3 fully saturated rings. The van der Waals surface area contributed by atoms with Crippen LogP contribution < -0.4 is 0 Å². The molecular weight excluding hydrogens is 551 g/mol. The van der Waals surface area contributed by atoms with Crippen LogP contribution in [0, 0.1) is 16.7 Å². The van der Waals surface area contributed by atoms with Crippen LogP contribution >= 0.6 is 0 Å². The molecule has 1 heterocycles. The van der Waals surface area contributed by atoms with Gasteiger partial charge in [-0.1, -0.05) is 32.0 Å². The number of aliphatic hydroxyl groups excluding tert-OH is 1. The fourth-order valence-electron chi connectivity index (χ4n) is 7.87. The van der Waals surface area contributed by atoms with Crippen LogP contribution in [0.5, 0.6) is 0 Å². The Labute approximate surface area is 243 Å². The number of carbonyl (C=O) groups is 4. The summed E-state index contributed by atoms with van der Waals surface area (Å²) >= 11 is 0. The number of aliphatic hydroxyl groups is 2. The number of fused-ring (bicyclic) bond motifs is 5. The Morgan fingerprint density at radius 2 is 1.69 bits per heavy atom. The lowest BCUT2D eigenvalue weighted by atomic mass is 9.45. The Bertz CT molecular complexity index is 1360. The molecule has 1 saturated heterocycles. The lowest BCUT2D eigenvalue weighted by Gasteiger charge is -2.67. The van der Waals surface area contributed by atoms with Gasteiger partial charge >= 0.3 is 17.9 Å². The third-order valence-corrected chi connectivity index (χ3v) is 10.1. The van der Waals surface area contributed by atoms with Crippen LogP contribution in [0.15, 0.2) is 41.5 Å². The summed E-state index contributed by atoms with van der Waals surface area (Å²) in [5, 5.41) is 24.1. The largest absolute Gasteiger partial charge is 0.455 e. The maximum atomic E-state index is 16.6. The fourth-order valence-corrected chi connectivity index (χ4v) is 7.87. The smallest absolute Gasteiger partial charge is 0.338 e. The summed E-state index contributed by atoms with van der Waals surface area (Å²) in [6.45, 7) is 8.08. The minimum absolute atomic E-state index is 0.102. The van der Waals surface area contributed by atoms with Crippen molar-refractivity contribution >= 4 is 23.7 Å². The Hall–Kier alpha value is -3.15. The summed E-state index contributed by atoms with van der Waals surface area (Å²) in [4.78, 5) is 53.3. The highest BCUT2D eigenvalue weighted by molar-refractivity contribution is 5.95. The van der Waals surface area contributed by atoms with Crippen LogP contribution in [0.25, 0.3) is 0 Å². The molecule has 10 nitrogen and oxygen atoms in total. The summed E-state index contributed by atoms with van der Waals surface area (Å²) in [5.74, 6) is -4.78. The standard InChI is InChI=1S/C31H37FO10/c1-15-19(35)13-31(38)26(41-27(37)18-10-8-7-9-11-18)24-29(6,20(32)12-21-30(24,14-39-21)42-17(3)34)25(36)23(40-16(2)33)22(15)28(31,4)5/h7-11,19-21,23-24,26,35,38H,12-14H2,1-6H3/t19-,20?,21?,23?,24?,26-,29?,30-,31?/m0/s1. The van der Waals surface area contributed by atoms with Gasteiger partial charge in [-0.2, -0.15) is 0 Å². The van der Waals surface area contributed by atoms with Crippen molar-refractivity contribution < 1.29 is 52.7 Å². The van der Waals surface area contributed by atoms with E-state index in [0.717, 1.165) is 13.8 Å². The Balaban J connectivity index is 1.84. The third kappa shape index (κ3) is 4.07. The Morgan fingerprint density at radius 1 is 1.05 bits per heavy atom. The number of alkyl halides is 1. The van der Waals surface area contributed by atoms with E-state index in [9.17, 15) is 29.4 Å². The van der Waals surface area contributed by atoms with Crippen LogP contribution in [0.2, 0.25) is 0 Å². The van der Waals surface area contributed by atoms with E-state index in [1.807, 2.05) is 0 Å². The quantitative estimate of drug-likeness (QED) is 0.306. The van der Waals surface area contributed by atoms with Gasteiger partial charge < -0.3 is 29.2 Å². The summed E-state index contributed by atoms with van der Waals surface area (Å²) in [6.07, 6.45) is -8.35. The van der Waals surface area contributed by atoms with Gasteiger partial charge in [-0.3, -0.25) is 14.4 Å². The van der Waals surface area contributed by atoms with Gasteiger partial charge in [0.1, 0.15) is 24.0 Å². The van der Waals surface area contributed by atoms with Gasteiger partial charge in [-0.05, 0) is 37.1 Å². The molecule has 5 rings (SSSR count). The minimum Gasteiger partial charge on any atom is -0.455 e. The number of hydrogen-bond donors (Lipinski definition) is 2. The second kappa shape index (κ2) is 9.96. The molecule has 6 unspecified atom stereocenters. The minimum atomic E-state index is -2.17. The van der Waals surface area contributed by atoms with Crippen LogP contribution in [-0.4, -0.2) is 82.3 Å². The highest BCUT2D eigenvalue weighted by atomic mass is 19.1. The highest BCUT2D eigenvalue weighted by Crippen LogP contribution is 2.64. The zero-order valence-electron chi connectivity index (χ0n) is 24.5. The number of esters is 3. The number of hydrogen-bond acceptors (Lipinski definition) is 10. The van der Waals surface area contributed by atoms with Crippen molar-refractivity contribution in [3.8, 4) is 0 Å². The first kappa shape index (κ1) is 30.3. The number of halogens is 1. The van der Waals surface area contributed by atoms with Gasteiger partial charge in [0.25, 0.3) is 0 Å². The topological polar surface area (TPSA) is 146 Å². The van der Waals surface area contributed by atoms with E-state index in [-0.39, 0.29) is 36.2 Å². The molecule has 1 aromatic carbocycles. The molecule has 2 bridgehead atoms.